The van der Waals surface area contributed by atoms with Crippen molar-refractivity contribution in [3.05, 3.63) is 433 Å². The Balaban J connectivity index is 0.697. The minimum absolute atomic E-state index is 0.511. The van der Waals surface area contributed by atoms with E-state index >= 15 is 0 Å². The van der Waals surface area contributed by atoms with Gasteiger partial charge in [0.1, 0.15) is 23.0 Å². The van der Waals surface area contributed by atoms with Crippen molar-refractivity contribution in [3.63, 3.8) is 0 Å². The van der Waals surface area contributed by atoms with Gasteiger partial charge >= 0.3 is 0 Å². The fourth-order valence-electron chi connectivity index (χ4n) is 20.1. The number of fused-ring (bicyclic) bond motifs is 26. The van der Waals surface area contributed by atoms with E-state index in [4.69, 9.17) is 39.4 Å². The molecular formula is C108H64N8O2. The quantitative estimate of drug-likeness (QED) is 0.141. The maximum absolute atomic E-state index is 7.77. The number of para-hydroxylation sites is 5. The van der Waals surface area contributed by atoms with Gasteiger partial charge in [-0.1, -0.05) is 297 Å². The highest BCUT2D eigenvalue weighted by molar-refractivity contribution is 6.21. The van der Waals surface area contributed by atoms with Gasteiger partial charge in [0, 0.05) is 94.1 Å². The van der Waals surface area contributed by atoms with Gasteiger partial charge in [0.15, 0.2) is 34.9 Å². The Morgan fingerprint density at radius 2 is 0.636 bits per heavy atom. The van der Waals surface area contributed by atoms with Crippen molar-refractivity contribution >= 4 is 54.4 Å². The summed E-state index contributed by atoms with van der Waals surface area (Å²) in [6.45, 7) is 0. The third-order valence-corrected chi connectivity index (χ3v) is 24.9. The molecule has 118 heavy (non-hydrogen) atoms. The van der Waals surface area contributed by atoms with Crippen LogP contribution in [0.1, 0.15) is 44.5 Å². The molecule has 0 N–H and O–H groups in total. The van der Waals surface area contributed by atoms with Crippen LogP contribution in [0.15, 0.2) is 388 Å². The smallest absolute Gasteiger partial charge is 0.164 e. The van der Waals surface area contributed by atoms with Gasteiger partial charge in [-0.3, -0.25) is 0 Å². The molecule has 2 spiro atoms. The van der Waals surface area contributed by atoms with Gasteiger partial charge < -0.3 is 18.6 Å². The number of nitrogens with zero attached hydrogens (tertiary/aromatic N) is 8. The summed E-state index contributed by atoms with van der Waals surface area (Å²) in [6, 6.07) is 139. The second-order valence-electron chi connectivity index (χ2n) is 31.0. The van der Waals surface area contributed by atoms with E-state index in [1.807, 2.05) is 36.4 Å². The van der Waals surface area contributed by atoms with Gasteiger partial charge in [-0.15, -0.1) is 0 Å². The summed E-state index contributed by atoms with van der Waals surface area (Å²) < 4.78 is 19.8. The molecule has 21 aromatic rings. The Hall–Kier alpha value is -15.8. The SMILES string of the molecule is c1ccc(-c2nc(-c3ccc(-n4c5ccccc5c5ccccc54)cc3)nc(-c3ccc4c(c3)Oc3ccccc3C43c4ccccc4-c4c(-c5cc(-c6nc(-c7ccccc7)nc(-c7cccc(-n8c9ccccc9c9c%10ccccc%10ccc98)c7)n6)cc6c5Oc5ccccc5C65c6ccccc6-c6ccccc65)cccc43)n2)cc1. The Labute approximate surface area is 678 Å². The lowest BCUT2D eigenvalue weighted by molar-refractivity contribution is 0.436. The van der Waals surface area contributed by atoms with Crippen LogP contribution in [0.2, 0.25) is 0 Å². The highest BCUT2D eigenvalue weighted by Crippen LogP contribution is 2.67. The Morgan fingerprint density at radius 3 is 1.27 bits per heavy atom. The van der Waals surface area contributed by atoms with Crippen LogP contribution in [-0.4, -0.2) is 39.0 Å². The summed E-state index contributed by atoms with van der Waals surface area (Å²) >= 11 is 0. The largest absolute Gasteiger partial charge is 0.457 e. The first kappa shape index (κ1) is 65.7. The maximum atomic E-state index is 7.77. The van der Waals surface area contributed by atoms with Crippen LogP contribution in [0.25, 0.3) is 167 Å². The molecule has 0 bridgehead atoms. The van der Waals surface area contributed by atoms with Crippen LogP contribution in [-0.2, 0) is 10.8 Å². The minimum Gasteiger partial charge on any atom is -0.457 e. The lowest BCUT2D eigenvalue weighted by Gasteiger charge is -2.40. The van der Waals surface area contributed by atoms with E-state index in [-0.39, 0.29) is 0 Å². The first-order chi connectivity index (χ1) is 58.5. The number of ether oxygens (including phenoxy) is 2. The second kappa shape index (κ2) is 25.4. The summed E-state index contributed by atoms with van der Waals surface area (Å²) in [5, 5.41) is 7.23. The zero-order valence-corrected chi connectivity index (χ0v) is 63.3. The third kappa shape index (κ3) is 9.44. The van der Waals surface area contributed by atoms with Crippen LogP contribution in [0, 0.1) is 0 Å². The fourth-order valence-corrected chi connectivity index (χ4v) is 20.1. The number of benzene rings is 17. The molecule has 2 aliphatic heterocycles. The molecule has 25 rings (SSSR count). The van der Waals surface area contributed by atoms with Crippen LogP contribution in [0.3, 0.4) is 0 Å². The van der Waals surface area contributed by atoms with Crippen LogP contribution in [0.5, 0.6) is 23.0 Å². The molecule has 4 aromatic heterocycles. The summed E-state index contributed by atoms with van der Waals surface area (Å²) in [4.78, 5) is 32.8. The monoisotopic (exact) mass is 1500 g/mol. The first-order valence-electron chi connectivity index (χ1n) is 40.0. The van der Waals surface area contributed by atoms with Crippen molar-refractivity contribution in [1.29, 1.82) is 0 Å². The summed E-state index contributed by atoms with van der Waals surface area (Å²) in [7, 11) is 0. The van der Waals surface area contributed by atoms with Crippen LogP contribution < -0.4 is 9.47 Å². The van der Waals surface area contributed by atoms with E-state index < -0.39 is 10.8 Å². The molecule has 548 valence electrons. The van der Waals surface area contributed by atoms with E-state index in [1.165, 1.54) is 54.6 Å². The highest BCUT2D eigenvalue weighted by atomic mass is 16.5. The molecule has 0 amide bonds. The standard InChI is InChI=1S/C108H64N8O2/c1-3-28-66(29-4-1)101-109-103(68-53-57-72(58-54-68)115-91-48-20-12-37-77(91)78-38-13-21-49-92(78)115)112-105(111-101)70-55-59-88-97(64-70)117-95-51-23-18-45-86(95)108(88)85-44-17-11-39-80(85)98-79(41-26-47-89(98)108)82-62-71(63-90-100(82)118-96-52-24-19-46-87(96)107(90)83-42-15-9-35-75(83)76-36-10-16-43-84(76)107)106-113-102(67-30-5-2-6-31-67)110-104(114-106)69-32-25-33-73(61-69)116-93-50-22-14-40-81(93)99-74-34-8-7-27-65(74)56-60-94(99)116/h1-64H. The van der Waals surface area contributed by atoms with E-state index in [9.17, 15) is 0 Å². The maximum Gasteiger partial charge on any atom is 0.164 e. The highest BCUT2D eigenvalue weighted by Gasteiger charge is 2.55. The molecule has 6 heterocycles. The van der Waals surface area contributed by atoms with Gasteiger partial charge in [-0.2, -0.15) is 0 Å². The van der Waals surface area contributed by atoms with Crippen molar-refractivity contribution in [1.82, 2.24) is 39.0 Å². The molecule has 0 radical (unpaired) electrons. The van der Waals surface area contributed by atoms with Gasteiger partial charge in [0.2, 0.25) is 0 Å². The van der Waals surface area contributed by atoms with E-state index in [0.29, 0.717) is 40.7 Å². The minimum atomic E-state index is -0.910. The molecule has 1 atom stereocenters. The summed E-state index contributed by atoms with van der Waals surface area (Å²) in [5.41, 5.74) is 24.7. The zero-order chi connectivity index (χ0) is 77.3. The predicted octanol–water partition coefficient (Wildman–Crippen LogP) is 26.0. The average molecular weight is 1510 g/mol. The molecule has 0 saturated carbocycles. The van der Waals surface area contributed by atoms with E-state index in [2.05, 4.69) is 361 Å². The van der Waals surface area contributed by atoms with E-state index in [0.717, 1.165) is 140 Å². The fraction of sp³-hybridized carbons (Fsp3) is 0.0185. The number of rotatable bonds is 9. The topological polar surface area (TPSA) is 106 Å². The normalized spacial score (nSPS) is 14.2. The average Bonchev–Trinajstić information content (AvgIpc) is 1.48. The molecule has 2 aliphatic carbocycles. The number of hydrogen-bond acceptors (Lipinski definition) is 8. The molecule has 1 unspecified atom stereocenters. The lowest BCUT2D eigenvalue weighted by atomic mass is 9.65. The van der Waals surface area contributed by atoms with Crippen LogP contribution >= 0.6 is 0 Å². The lowest BCUT2D eigenvalue weighted by Crippen LogP contribution is -2.32. The van der Waals surface area contributed by atoms with Gasteiger partial charge in [-0.05, 0) is 152 Å². The molecule has 0 saturated heterocycles. The second-order valence-corrected chi connectivity index (χ2v) is 31.0. The third-order valence-electron chi connectivity index (χ3n) is 24.9. The first-order valence-corrected chi connectivity index (χ1v) is 40.0. The number of hydrogen-bond donors (Lipinski definition) is 0. The molecule has 10 nitrogen and oxygen atoms in total. The van der Waals surface area contributed by atoms with E-state index in [1.54, 1.807) is 0 Å². The van der Waals surface area contributed by atoms with Crippen molar-refractivity contribution in [3.8, 4) is 136 Å². The zero-order valence-electron chi connectivity index (χ0n) is 63.3. The molecule has 10 heteroatoms. The molecule has 4 aliphatic rings. The van der Waals surface area contributed by atoms with Crippen molar-refractivity contribution in [2.45, 2.75) is 10.8 Å². The van der Waals surface area contributed by atoms with Crippen molar-refractivity contribution < 1.29 is 9.47 Å². The number of aromatic nitrogens is 8. The summed E-state index contributed by atoms with van der Waals surface area (Å²) in [5.74, 6) is 6.19. The van der Waals surface area contributed by atoms with Gasteiger partial charge in [-0.25, -0.2) is 29.9 Å². The van der Waals surface area contributed by atoms with Gasteiger partial charge in [0.05, 0.1) is 32.9 Å². The Kier molecular flexibility index (Phi) is 14.1. The molecule has 0 fully saturated rings. The summed E-state index contributed by atoms with van der Waals surface area (Å²) in [6.07, 6.45) is 0. The Bertz CT molecular complexity index is 7740. The Morgan fingerprint density at radius 1 is 0.212 bits per heavy atom. The van der Waals surface area contributed by atoms with Crippen molar-refractivity contribution in [2.24, 2.45) is 0 Å². The van der Waals surface area contributed by atoms with Gasteiger partial charge in [0.25, 0.3) is 0 Å². The van der Waals surface area contributed by atoms with Crippen LogP contribution in [0.4, 0.5) is 0 Å². The molecule has 17 aromatic carbocycles. The predicted molar refractivity (Wildman–Crippen MR) is 472 cm³/mol. The molecular weight excluding hydrogens is 1440 g/mol. The van der Waals surface area contributed by atoms with Crippen molar-refractivity contribution in [2.75, 3.05) is 0 Å².